The zero-order valence-corrected chi connectivity index (χ0v) is 18.3. The smallest absolute Gasteiger partial charge is 0.336 e. The van der Waals surface area contributed by atoms with Crippen LogP contribution < -0.4 is 5.32 Å². The monoisotopic (exact) mass is 434 g/mol. The molecule has 0 unspecified atom stereocenters. The summed E-state index contributed by atoms with van der Waals surface area (Å²) in [5.74, 6) is -3.12. The summed E-state index contributed by atoms with van der Waals surface area (Å²) in [6.45, 7) is 5.47. The predicted octanol–water partition coefficient (Wildman–Crippen LogP) is 3.55. The Balaban J connectivity index is 2.18. The van der Waals surface area contributed by atoms with Gasteiger partial charge < -0.3 is 14.8 Å². The quantitative estimate of drug-likeness (QED) is 0.405. The summed E-state index contributed by atoms with van der Waals surface area (Å²) >= 11 is 0. The third-order valence-electron chi connectivity index (χ3n) is 5.10. The highest BCUT2D eigenvalue weighted by Gasteiger charge is 2.44. The number of ether oxygens (including phenoxy) is 2. The van der Waals surface area contributed by atoms with E-state index in [-0.39, 0.29) is 24.6 Å². The fraction of sp³-hybridized carbons (Fsp3) is 0.280. The average molecular weight is 434 g/mol. The number of allylic oxidation sites excluding steroid dienone is 2. The Morgan fingerprint density at radius 1 is 1.00 bits per heavy atom. The molecule has 32 heavy (non-hydrogen) atoms. The zero-order valence-electron chi connectivity index (χ0n) is 18.3. The lowest BCUT2D eigenvalue weighted by Crippen LogP contribution is -2.40. The molecule has 0 radical (unpaired) electrons. The largest absolute Gasteiger partial charge is 0.465 e. The van der Waals surface area contributed by atoms with Crippen molar-refractivity contribution >= 4 is 17.7 Å². The molecule has 0 saturated heterocycles. The number of aromatic nitrogens is 1. The first-order chi connectivity index (χ1) is 15.5. The van der Waals surface area contributed by atoms with Crippen LogP contribution in [0.15, 0.2) is 77.8 Å². The molecule has 2 atom stereocenters. The Labute approximate surface area is 187 Å². The summed E-state index contributed by atoms with van der Waals surface area (Å²) < 4.78 is 10.6. The molecular weight excluding hydrogens is 408 g/mol. The van der Waals surface area contributed by atoms with Gasteiger partial charge >= 0.3 is 11.9 Å². The molecule has 1 aromatic carbocycles. The molecule has 1 N–H and O–H groups in total. The maximum absolute atomic E-state index is 13.1. The van der Waals surface area contributed by atoms with E-state index in [1.165, 1.54) is 6.08 Å². The maximum atomic E-state index is 13.1. The van der Waals surface area contributed by atoms with Gasteiger partial charge in [0.2, 0.25) is 0 Å². The van der Waals surface area contributed by atoms with Crippen LogP contribution in [0.3, 0.4) is 0 Å². The Kier molecular flexibility index (Phi) is 7.54. The molecule has 1 aliphatic rings. The van der Waals surface area contributed by atoms with Crippen LogP contribution in [0.2, 0.25) is 0 Å². The number of hydrogen-bond acceptors (Lipinski definition) is 7. The number of benzene rings is 1. The van der Waals surface area contributed by atoms with Crippen LogP contribution in [0.5, 0.6) is 0 Å². The molecule has 2 heterocycles. The Morgan fingerprint density at radius 2 is 1.69 bits per heavy atom. The van der Waals surface area contributed by atoms with E-state index < -0.39 is 23.8 Å². The second-order valence-corrected chi connectivity index (χ2v) is 7.18. The molecule has 0 fully saturated rings. The van der Waals surface area contributed by atoms with Gasteiger partial charge in [0.05, 0.1) is 24.7 Å². The maximum Gasteiger partial charge on any atom is 0.336 e. The molecule has 0 spiro atoms. The van der Waals surface area contributed by atoms with Crippen LogP contribution in [0.4, 0.5) is 0 Å². The molecule has 1 aliphatic heterocycles. The Bertz CT molecular complexity index is 1040. The molecule has 166 valence electrons. The minimum atomic E-state index is -0.972. The summed E-state index contributed by atoms with van der Waals surface area (Å²) in [7, 11) is 0. The highest BCUT2D eigenvalue weighted by atomic mass is 16.5. The summed E-state index contributed by atoms with van der Waals surface area (Å²) in [6, 6.07) is 14.0. The van der Waals surface area contributed by atoms with Gasteiger partial charge in [-0.25, -0.2) is 4.79 Å². The van der Waals surface area contributed by atoms with Crippen molar-refractivity contribution in [3.63, 3.8) is 0 Å². The Hall–Kier alpha value is -3.74. The molecule has 0 saturated carbocycles. The van der Waals surface area contributed by atoms with Gasteiger partial charge in [0.25, 0.3) is 0 Å². The van der Waals surface area contributed by atoms with E-state index in [0.29, 0.717) is 22.7 Å². The van der Waals surface area contributed by atoms with Crippen LogP contribution in [0.1, 0.15) is 42.7 Å². The van der Waals surface area contributed by atoms with Crippen LogP contribution >= 0.6 is 0 Å². The molecule has 7 nitrogen and oxygen atoms in total. The second-order valence-electron chi connectivity index (χ2n) is 7.18. The molecule has 1 aromatic heterocycles. The van der Waals surface area contributed by atoms with Crippen molar-refractivity contribution in [1.29, 1.82) is 0 Å². The van der Waals surface area contributed by atoms with Crippen molar-refractivity contribution in [1.82, 2.24) is 10.3 Å². The lowest BCUT2D eigenvalue weighted by molar-refractivity contribution is -0.147. The van der Waals surface area contributed by atoms with Gasteiger partial charge in [0.1, 0.15) is 5.92 Å². The summed E-state index contributed by atoms with van der Waals surface area (Å²) in [5, 5.41) is 3.09. The number of carbonyl (C=O) groups excluding carboxylic acids is 3. The van der Waals surface area contributed by atoms with Crippen LogP contribution in [0, 0.1) is 5.92 Å². The molecular formula is C25H26N2O5. The van der Waals surface area contributed by atoms with Gasteiger partial charge in [-0.2, -0.15) is 0 Å². The first-order valence-corrected chi connectivity index (χ1v) is 10.5. The van der Waals surface area contributed by atoms with Crippen molar-refractivity contribution in [2.75, 3.05) is 13.2 Å². The summed E-state index contributed by atoms with van der Waals surface area (Å²) in [4.78, 5) is 43.3. The minimum absolute atomic E-state index is 0.154. The predicted molar refractivity (Wildman–Crippen MR) is 118 cm³/mol. The third kappa shape index (κ3) is 4.94. The number of pyridine rings is 1. The van der Waals surface area contributed by atoms with E-state index in [1.54, 1.807) is 69.4 Å². The normalized spacial score (nSPS) is 19.3. The second kappa shape index (κ2) is 10.5. The van der Waals surface area contributed by atoms with Crippen LogP contribution in [0.25, 0.3) is 0 Å². The Morgan fingerprint density at radius 3 is 2.31 bits per heavy atom. The number of hydrogen-bond donors (Lipinski definition) is 1. The number of nitrogens with zero attached hydrogens (tertiary/aromatic N) is 1. The van der Waals surface area contributed by atoms with Crippen LogP contribution in [-0.4, -0.2) is 35.9 Å². The van der Waals surface area contributed by atoms with Crippen molar-refractivity contribution in [2.24, 2.45) is 5.92 Å². The molecule has 0 aliphatic carbocycles. The summed E-state index contributed by atoms with van der Waals surface area (Å²) in [5.41, 5.74) is 2.11. The van der Waals surface area contributed by atoms with E-state index in [4.69, 9.17) is 9.47 Å². The molecule has 3 rings (SSSR count). The van der Waals surface area contributed by atoms with Gasteiger partial charge in [-0.3, -0.25) is 14.6 Å². The number of esters is 2. The first-order valence-electron chi connectivity index (χ1n) is 10.5. The van der Waals surface area contributed by atoms with E-state index in [1.807, 2.05) is 6.07 Å². The van der Waals surface area contributed by atoms with Gasteiger partial charge in [0.15, 0.2) is 5.78 Å². The molecule has 7 heteroatoms. The van der Waals surface area contributed by atoms with Gasteiger partial charge in [-0.1, -0.05) is 36.4 Å². The van der Waals surface area contributed by atoms with Crippen LogP contribution in [-0.2, 0) is 19.1 Å². The third-order valence-corrected chi connectivity index (χ3v) is 5.10. The van der Waals surface area contributed by atoms with Crippen molar-refractivity contribution in [3.05, 3.63) is 89.0 Å². The van der Waals surface area contributed by atoms with E-state index in [2.05, 4.69) is 10.3 Å². The zero-order chi connectivity index (χ0) is 23.1. The fourth-order valence-corrected chi connectivity index (χ4v) is 3.76. The van der Waals surface area contributed by atoms with E-state index in [9.17, 15) is 14.4 Å². The lowest BCUT2D eigenvalue weighted by atomic mass is 9.77. The van der Waals surface area contributed by atoms with Crippen molar-refractivity contribution in [2.45, 2.75) is 26.7 Å². The summed E-state index contributed by atoms with van der Waals surface area (Å²) in [6.07, 6.45) is 2.98. The molecule has 2 aromatic rings. The molecule has 0 bridgehead atoms. The topological polar surface area (TPSA) is 94.6 Å². The number of ketones is 1. The van der Waals surface area contributed by atoms with E-state index >= 15 is 0 Å². The lowest BCUT2D eigenvalue weighted by Gasteiger charge is -2.34. The highest BCUT2D eigenvalue weighted by Crippen LogP contribution is 2.41. The van der Waals surface area contributed by atoms with Crippen molar-refractivity contribution in [3.8, 4) is 0 Å². The number of carbonyl (C=O) groups is 3. The average Bonchev–Trinajstić information content (AvgIpc) is 2.80. The van der Waals surface area contributed by atoms with Gasteiger partial charge in [-0.05, 0) is 32.9 Å². The SMILES string of the molecule is CCOC(=O)C1=C(C)N/C(=C\C(=O)c2ccccc2)[C@H](C(=O)OCC)[C@H]1c1ccccn1. The first kappa shape index (κ1) is 22.9. The number of nitrogens with one attached hydrogen (secondary N) is 1. The standard InChI is InChI=1S/C25H26N2O5/c1-4-31-24(29)21-16(3)27-19(15-20(28)17-11-7-6-8-12-17)23(25(30)32-5-2)22(21)18-13-9-10-14-26-18/h6-15,22-23,27H,4-5H2,1-3H3/b19-15-/t22-,23-/m0/s1. The van der Waals surface area contributed by atoms with Crippen molar-refractivity contribution < 1.29 is 23.9 Å². The minimum Gasteiger partial charge on any atom is -0.465 e. The van der Waals surface area contributed by atoms with E-state index in [0.717, 1.165) is 0 Å². The van der Waals surface area contributed by atoms with Gasteiger partial charge in [0, 0.05) is 34.9 Å². The fourth-order valence-electron chi connectivity index (χ4n) is 3.76. The number of rotatable bonds is 7. The van der Waals surface area contributed by atoms with Gasteiger partial charge in [-0.15, -0.1) is 0 Å². The molecule has 0 amide bonds. The highest BCUT2D eigenvalue weighted by molar-refractivity contribution is 6.05.